The number of carbonyl (C=O) groups excluding carboxylic acids is 1. The molecule has 1 N–H and O–H groups in total. The highest BCUT2D eigenvalue weighted by molar-refractivity contribution is 7.11. The summed E-state index contributed by atoms with van der Waals surface area (Å²) in [4.78, 5) is 19.3. The smallest absolute Gasteiger partial charge is 0.266 e. The number of aromatic nitrogens is 1. The quantitative estimate of drug-likeness (QED) is 0.789. The number of fused-ring (bicyclic) bond motifs is 1. The lowest BCUT2D eigenvalue weighted by Crippen LogP contribution is -2.38. The lowest BCUT2D eigenvalue weighted by Gasteiger charge is -2.22. The topological polar surface area (TPSA) is 45.2 Å². The normalized spacial score (nSPS) is 28.4. The number of nitrogens with zero attached hydrogens (tertiary/aromatic N) is 2. The number of aryl methyl sites for hydroxylation is 1. The fourth-order valence-corrected chi connectivity index (χ4v) is 3.50. The summed E-state index contributed by atoms with van der Waals surface area (Å²) in [6.45, 7) is 4.84. The van der Waals surface area contributed by atoms with Crippen LogP contribution in [0.25, 0.3) is 0 Å². The van der Waals surface area contributed by atoms with E-state index in [1.54, 1.807) is 5.51 Å². The Morgan fingerprint density at radius 1 is 1.62 bits per heavy atom. The maximum atomic E-state index is 12.3. The van der Waals surface area contributed by atoms with Crippen LogP contribution in [0.3, 0.4) is 0 Å². The Kier molecular flexibility index (Phi) is 2.44. The van der Waals surface area contributed by atoms with Crippen LogP contribution in [-0.2, 0) is 0 Å². The lowest BCUT2D eigenvalue weighted by molar-refractivity contribution is 0.0741. The minimum atomic E-state index is 0.177. The van der Waals surface area contributed by atoms with E-state index in [2.05, 4.69) is 10.3 Å². The van der Waals surface area contributed by atoms with Gasteiger partial charge in [-0.1, -0.05) is 0 Å². The molecule has 1 aromatic heterocycles. The van der Waals surface area contributed by atoms with E-state index in [4.69, 9.17) is 0 Å². The Balaban J connectivity index is 1.83. The number of nitrogens with one attached hydrogen (secondary N) is 1. The van der Waals surface area contributed by atoms with Crippen LogP contribution in [0.5, 0.6) is 0 Å². The van der Waals surface area contributed by atoms with Gasteiger partial charge < -0.3 is 10.2 Å². The minimum Gasteiger partial charge on any atom is -0.333 e. The van der Waals surface area contributed by atoms with Crippen molar-refractivity contribution >= 4 is 17.2 Å². The van der Waals surface area contributed by atoms with Gasteiger partial charge in [0, 0.05) is 25.7 Å². The highest BCUT2D eigenvalue weighted by atomic mass is 32.1. The molecule has 0 bridgehead atoms. The molecule has 2 aliphatic rings. The van der Waals surface area contributed by atoms with Gasteiger partial charge in [-0.3, -0.25) is 4.79 Å². The Bertz CT molecular complexity index is 417. The van der Waals surface area contributed by atoms with E-state index in [1.807, 2.05) is 11.8 Å². The Hall–Kier alpha value is -0.940. The third kappa shape index (κ3) is 1.46. The third-order valence-electron chi connectivity index (χ3n) is 3.65. The van der Waals surface area contributed by atoms with Crippen LogP contribution in [0, 0.1) is 12.8 Å². The van der Waals surface area contributed by atoms with Gasteiger partial charge in [0.2, 0.25) is 0 Å². The molecule has 2 atom stereocenters. The van der Waals surface area contributed by atoms with Crippen LogP contribution in [0.1, 0.15) is 21.8 Å². The molecule has 1 aromatic rings. The molecule has 0 saturated carbocycles. The second kappa shape index (κ2) is 3.82. The average Bonchev–Trinajstić information content (AvgIpc) is 2.90. The van der Waals surface area contributed by atoms with Crippen molar-refractivity contribution in [1.29, 1.82) is 0 Å². The Morgan fingerprint density at radius 2 is 2.50 bits per heavy atom. The predicted molar refractivity (Wildman–Crippen MR) is 62.7 cm³/mol. The molecular formula is C11H15N3OS. The van der Waals surface area contributed by atoms with Crippen molar-refractivity contribution in [2.45, 2.75) is 19.4 Å². The summed E-state index contributed by atoms with van der Waals surface area (Å²) in [5.41, 5.74) is 2.62. The molecule has 0 spiro atoms. The van der Waals surface area contributed by atoms with E-state index in [-0.39, 0.29) is 5.91 Å². The molecule has 0 aliphatic carbocycles. The van der Waals surface area contributed by atoms with Crippen LogP contribution < -0.4 is 5.32 Å². The van der Waals surface area contributed by atoms with Crippen molar-refractivity contribution in [2.24, 2.45) is 5.92 Å². The molecule has 2 aliphatic heterocycles. The molecule has 5 heteroatoms. The van der Waals surface area contributed by atoms with Crippen LogP contribution >= 0.6 is 11.3 Å². The number of rotatable bonds is 1. The van der Waals surface area contributed by atoms with Crippen LogP contribution in [0.4, 0.5) is 0 Å². The number of hydrogen-bond acceptors (Lipinski definition) is 4. The van der Waals surface area contributed by atoms with Gasteiger partial charge in [0.25, 0.3) is 5.91 Å². The summed E-state index contributed by atoms with van der Waals surface area (Å²) in [7, 11) is 0. The average molecular weight is 237 g/mol. The number of amides is 1. The second-order valence-corrected chi connectivity index (χ2v) is 5.39. The molecule has 2 saturated heterocycles. The zero-order valence-corrected chi connectivity index (χ0v) is 10.1. The number of likely N-dealkylation sites (tertiary alicyclic amines) is 1. The van der Waals surface area contributed by atoms with Gasteiger partial charge in [0.15, 0.2) is 0 Å². The first kappa shape index (κ1) is 10.2. The first-order chi connectivity index (χ1) is 7.77. The van der Waals surface area contributed by atoms with E-state index in [1.165, 1.54) is 11.3 Å². The zero-order chi connectivity index (χ0) is 11.1. The van der Waals surface area contributed by atoms with E-state index in [0.717, 1.165) is 36.6 Å². The maximum Gasteiger partial charge on any atom is 0.266 e. The highest BCUT2D eigenvalue weighted by Crippen LogP contribution is 2.29. The van der Waals surface area contributed by atoms with Crippen molar-refractivity contribution in [3.05, 3.63) is 16.1 Å². The summed E-state index contributed by atoms with van der Waals surface area (Å²) in [5.74, 6) is 0.841. The van der Waals surface area contributed by atoms with Crippen LogP contribution in [-0.4, -0.2) is 41.5 Å². The van der Waals surface area contributed by atoms with Crippen molar-refractivity contribution in [1.82, 2.24) is 15.2 Å². The third-order valence-corrected chi connectivity index (χ3v) is 4.56. The number of carbonyl (C=O) groups is 1. The van der Waals surface area contributed by atoms with Gasteiger partial charge in [0.05, 0.1) is 11.2 Å². The minimum absolute atomic E-state index is 0.177. The van der Waals surface area contributed by atoms with Crippen LogP contribution in [0.15, 0.2) is 5.51 Å². The Morgan fingerprint density at radius 3 is 3.25 bits per heavy atom. The summed E-state index contributed by atoms with van der Waals surface area (Å²) < 4.78 is 0. The predicted octanol–water partition coefficient (Wildman–Crippen LogP) is 0.885. The van der Waals surface area contributed by atoms with Crippen LogP contribution in [0.2, 0.25) is 0 Å². The molecule has 16 heavy (non-hydrogen) atoms. The van der Waals surface area contributed by atoms with Gasteiger partial charge in [-0.25, -0.2) is 4.98 Å². The summed E-state index contributed by atoms with van der Waals surface area (Å²) in [6.07, 6.45) is 1.14. The largest absolute Gasteiger partial charge is 0.333 e. The maximum absolute atomic E-state index is 12.3. The lowest BCUT2D eigenvalue weighted by atomic mass is 10.1. The summed E-state index contributed by atoms with van der Waals surface area (Å²) in [5, 5.41) is 3.36. The monoisotopic (exact) mass is 237 g/mol. The SMILES string of the molecule is Cc1ncsc1C(=O)N1CC[C@H]2CNC[C@H]21. The number of thiazole rings is 1. The summed E-state index contributed by atoms with van der Waals surface area (Å²) in [6, 6.07) is 0.411. The van der Waals surface area contributed by atoms with Gasteiger partial charge in [-0.2, -0.15) is 0 Å². The molecule has 3 rings (SSSR count). The van der Waals surface area contributed by atoms with E-state index in [9.17, 15) is 4.79 Å². The first-order valence-corrected chi connectivity index (χ1v) is 6.57. The van der Waals surface area contributed by atoms with Crippen molar-refractivity contribution in [3.8, 4) is 0 Å². The number of hydrogen-bond donors (Lipinski definition) is 1. The fourth-order valence-electron chi connectivity index (χ4n) is 2.74. The fraction of sp³-hybridized carbons (Fsp3) is 0.636. The van der Waals surface area contributed by atoms with Gasteiger partial charge in [-0.15, -0.1) is 11.3 Å². The van der Waals surface area contributed by atoms with Crippen molar-refractivity contribution in [3.63, 3.8) is 0 Å². The molecule has 3 heterocycles. The molecular weight excluding hydrogens is 222 g/mol. The second-order valence-electron chi connectivity index (χ2n) is 4.54. The summed E-state index contributed by atoms with van der Waals surface area (Å²) >= 11 is 1.46. The molecule has 2 fully saturated rings. The first-order valence-electron chi connectivity index (χ1n) is 5.69. The van der Waals surface area contributed by atoms with E-state index in [0.29, 0.717) is 12.0 Å². The standard InChI is InChI=1S/C11H15N3OS/c1-7-10(16-6-13-7)11(15)14-3-2-8-4-12-5-9(8)14/h6,8-9,12H,2-5H2,1H3/t8-,9+/m0/s1. The van der Waals surface area contributed by atoms with E-state index >= 15 is 0 Å². The van der Waals surface area contributed by atoms with Crippen molar-refractivity contribution in [2.75, 3.05) is 19.6 Å². The molecule has 0 unspecified atom stereocenters. The van der Waals surface area contributed by atoms with Gasteiger partial charge in [0.1, 0.15) is 4.88 Å². The molecule has 1 amide bonds. The molecule has 86 valence electrons. The van der Waals surface area contributed by atoms with Gasteiger partial charge in [-0.05, 0) is 19.3 Å². The molecule has 0 radical (unpaired) electrons. The van der Waals surface area contributed by atoms with Gasteiger partial charge >= 0.3 is 0 Å². The van der Waals surface area contributed by atoms with E-state index < -0.39 is 0 Å². The van der Waals surface area contributed by atoms with Crippen molar-refractivity contribution < 1.29 is 4.79 Å². The highest BCUT2D eigenvalue weighted by Gasteiger charge is 2.40. The molecule has 0 aromatic carbocycles. The zero-order valence-electron chi connectivity index (χ0n) is 9.27. The Labute approximate surface area is 98.7 Å². The molecule has 4 nitrogen and oxygen atoms in total.